The number of anilines is 1. The first-order chi connectivity index (χ1) is 10.0. The lowest BCUT2D eigenvalue weighted by molar-refractivity contribution is -0.145. The molecular formula is C17H23NO3. The van der Waals surface area contributed by atoms with Crippen molar-refractivity contribution in [1.29, 1.82) is 0 Å². The van der Waals surface area contributed by atoms with Crippen molar-refractivity contribution in [1.82, 2.24) is 0 Å². The predicted octanol–water partition coefficient (Wildman–Crippen LogP) is 3.32. The lowest BCUT2D eigenvalue weighted by atomic mass is 9.95. The van der Waals surface area contributed by atoms with Crippen LogP contribution in [0.5, 0.6) is 0 Å². The van der Waals surface area contributed by atoms with Gasteiger partial charge in [-0.05, 0) is 42.9 Å². The lowest BCUT2D eigenvalue weighted by Crippen LogP contribution is -2.29. The Morgan fingerprint density at radius 3 is 2.29 bits per heavy atom. The molecule has 0 heterocycles. The summed E-state index contributed by atoms with van der Waals surface area (Å²) in [6, 6.07) is 7.71. The van der Waals surface area contributed by atoms with Gasteiger partial charge in [-0.3, -0.25) is 9.59 Å². The average molecular weight is 289 g/mol. The van der Waals surface area contributed by atoms with Crippen LogP contribution in [0.15, 0.2) is 24.3 Å². The number of hydrogen-bond donors (Lipinski definition) is 2. The van der Waals surface area contributed by atoms with Crippen molar-refractivity contribution in [2.24, 2.45) is 17.8 Å². The fraction of sp³-hybridized carbons (Fsp3) is 0.529. The molecule has 1 aromatic carbocycles. The molecule has 114 valence electrons. The molecule has 4 heteroatoms. The van der Waals surface area contributed by atoms with Crippen LogP contribution in [0.25, 0.3) is 0 Å². The van der Waals surface area contributed by atoms with E-state index in [0.717, 1.165) is 18.5 Å². The molecule has 1 saturated carbocycles. The molecule has 2 rings (SSSR count). The number of aryl methyl sites for hydroxylation is 1. The van der Waals surface area contributed by atoms with Gasteiger partial charge in [-0.2, -0.15) is 0 Å². The van der Waals surface area contributed by atoms with Gasteiger partial charge in [0.25, 0.3) is 0 Å². The van der Waals surface area contributed by atoms with Crippen LogP contribution < -0.4 is 5.32 Å². The molecule has 4 nitrogen and oxygen atoms in total. The average Bonchev–Trinajstić information content (AvgIpc) is 2.92. The lowest BCUT2D eigenvalue weighted by Gasteiger charge is -2.15. The molecule has 0 saturated heterocycles. The fourth-order valence-electron chi connectivity index (χ4n) is 3.10. The maximum absolute atomic E-state index is 12.4. The van der Waals surface area contributed by atoms with E-state index in [1.165, 1.54) is 5.56 Å². The van der Waals surface area contributed by atoms with Crippen LogP contribution in [0.4, 0.5) is 5.69 Å². The number of hydrogen-bond acceptors (Lipinski definition) is 2. The molecular weight excluding hydrogens is 266 g/mol. The zero-order chi connectivity index (χ0) is 15.4. The Balaban J connectivity index is 2.05. The van der Waals surface area contributed by atoms with E-state index in [-0.39, 0.29) is 5.91 Å². The number of carbonyl (C=O) groups excluding carboxylic acids is 1. The molecule has 3 atom stereocenters. The summed E-state index contributed by atoms with van der Waals surface area (Å²) >= 11 is 0. The van der Waals surface area contributed by atoms with Gasteiger partial charge in [0.2, 0.25) is 5.91 Å². The summed E-state index contributed by atoms with van der Waals surface area (Å²) in [5.41, 5.74) is 1.95. The molecule has 0 spiro atoms. The molecule has 1 fully saturated rings. The second-order valence-electron chi connectivity index (χ2n) is 5.84. The van der Waals surface area contributed by atoms with Gasteiger partial charge in [-0.1, -0.05) is 32.4 Å². The molecule has 21 heavy (non-hydrogen) atoms. The predicted molar refractivity (Wildman–Crippen MR) is 82.1 cm³/mol. The van der Waals surface area contributed by atoms with Crippen molar-refractivity contribution in [3.8, 4) is 0 Å². The summed E-state index contributed by atoms with van der Waals surface area (Å²) in [6.45, 7) is 4.13. The molecule has 1 unspecified atom stereocenters. The minimum Gasteiger partial charge on any atom is -0.481 e. The van der Waals surface area contributed by atoms with Crippen molar-refractivity contribution in [3.05, 3.63) is 29.8 Å². The molecule has 1 aliphatic rings. The smallest absolute Gasteiger partial charge is 0.307 e. The Bertz CT molecular complexity index is 509. The molecule has 0 aliphatic heterocycles. The first kappa shape index (κ1) is 15.5. The van der Waals surface area contributed by atoms with Crippen LogP contribution in [-0.4, -0.2) is 17.0 Å². The topological polar surface area (TPSA) is 66.4 Å². The first-order valence-electron chi connectivity index (χ1n) is 7.67. The highest BCUT2D eigenvalue weighted by molar-refractivity contribution is 5.95. The Hall–Kier alpha value is -1.84. The summed E-state index contributed by atoms with van der Waals surface area (Å²) in [5, 5.41) is 12.2. The summed E-state index contributed by atoms with van der Waals surface area (Å²) in [6.07, 6.45) is 3.17. The zero-order valence-electron chi connectivity index (χ0n) is 12.6. The van der Waals surface area contributed by atoms with Crippen LogP contribution in [0.1, 0.15) is 38.7 Å². The minimum atomic E-state index is -0.854. The van der Waals surface area contributed by atoms with Crippen molar-refractivity contribution in [2.75, 3.05) is 5.32 Å². The van der Waals surface area contributed by atoms with Crippen molar-refractivity contribution in [3.63, 3.8) is 0 Å². The van der Waals surface area contributed by atoms with Crippen LogP contribution >= 0.6 is 0 Å². The van der Waals surface area contributed by atoms with Gasteiger partial charge >= 0.3 is 5.97 Å². The third-order valence-electron chi connectivity index (χ3n) is 4.52. The normalized spacial score (nSPS) is 24.8. The van der Waals surface area contributed by atoms with E-state index in [4.69, 9.17) is 0 Å². The number of aliphatic carboxylic acids is 1. The monoisotopic (exact) mass is 289 g/mol. The van der Waals surface area contributed by atoms with Crippen LogP contribution in [0, 0.1) is 17.8 Å². The van der Waals surface area contributed by atoms with E-state index in [1.807, 2.05) is 31.2 Å². The van der Waals surface area contributed by atoms with E-state index in [2.05, 4.69) is 12.2 Å². The zero-order valence-corrected chi connectivity index (χ0v) is 12.6. The highest BCUT2D eigenvalue weighted by Gasteiger charge is 2.42. The standard InChI is InChI=1S/C17H23NO3/c1-3-11-5-7-13(8-6-11)18-16(19)14-9-12(4-2)10-15(14)17(20)21/h5-8,12,14-15H,3-4,9-10H2,1-2H3,(H,18,19)(H,20,21)/t12?,14-,15+/m0/s1. The van der Waals surface area contributed by atoms with Gasteiger partial charge in [0.1, 0.15) is 0 Å². The third-order valence-corrected chi connectivity index (χ3v) is 4.52. The van der Waals surface area contributed by atoms with E-state index in [9.17, 15) is 14.7 Å². The Labute approximate surface area is 125 Å². The number of carbonyl (C=O) groups is 2. The Morgan fingerprint density at radius 1 is 1.14 bits per heavy atom. The van der Waals surface area contributed by atoms with Crippen LogP contribution in [-0.2, 0) is 16.0 Å². The van der Waals surface area contributed by atoms with Gasteiger partial charge in [0, 0.05) is 5.69 Å². The molecule has 0 radical (unpaired) electrons. The van der Waals surface area contributed by atoms with E-state index in [0.29, 0.717) is 18.8 Å². The SMILES string of the molecule is CCc1ccc(NC(=O)[C@H]2CC(CC)C[C@H]2C(=O)O)cc1. The number of amides is 1. The minimum absolute atomic E-state index is 0.164. The van der Waals surface area contributed by atoms with Gasteiger partial charge < -0.3 is 10.4 Å². The third kappa shape index (κ3) is 3.63. The van der Waals surface area contributed by atoms with Crippen molar-refractivity contribution in [2.45, 2.75) is 39.5 Å². The highest BCUT2D eigenvalue weighted by atomic mass is 16.4. The van der Waals surface area contributed by atoms with Gasteiger partial charge in [0.05, 0.1) is 11.8 Å². The maximum Gasteiger partial charge on any atom is 0.307 e. The molecule has 0 aromatic heterocycles. The number of rotatable bonds is 5. The summed E-state index contributed by atoms with van der Waals surface area (Å²) in [7, 11) is 0. The summed E-state index contributed by atoms with van der Waals surface area (Å²) in [5.74, 6) is -1.65. The van der Waals surface area contributed by atoms with Gasteiger partial charge in [0.15, 0.2) is 0 Å². The van der Waals surface area contributed by atoms with Crippen LogP contribution in [0.2, 0.25) is 0 Å². The quantitative estimate of drug-likeness (QED) is 0.873. The Morgan fingerprint density at radius 2 is 1.76 bits per heavy atom. The maximum atomic E-state index is 12.4. The van der Waals surface area contributed by atoms with Gasteiger partial charge in [-0.15, -0.1) is 0 Å². The van der Waals surface area contributed by atoms with Crippen LogP contribution in [0.3, 0.4) is 0 Å². The molecule has 0 bridgehead atoms. The van der Waals surface area contributed by atoms with E-state index >= 15 is 0 Å². The van der Waals surface area contributed by atoms with Gasteiger partial charge in [-0.25, -0.2) is 0 Å². The molecule has 1 aliphatic carbocycles. The summed E-state index contributed by atoms with van der Waals surface area (Å²) < 4.78 is 0. The number of benzene rings is 1. The number of carboxylic acids is 1. The second kappa shape index (κ2) is 6.74. The van der Waals surface area contributed by atoms with Crippen molar-refractivity contribution >= 4 is 17.6 Å². The molecule has 2 N–H and O–H groups in total. The van der Waals surface area contributed by atoms with E-state index in [1.54, 1.807) is 0 Å². The van der Waals surface area contributed by atoms with Crippen molar-refractivity contribution < 1.29 is 14.7 Å². The number of carboxylic acid groups (broad SMARTS) is 1. The highest BCUT2D eigenvalue weighted by Crippen LogP contribution is 2.39. The molecule has 1 aromatic rings. The second-order valence-corrected chi connectivity index (χ2v) is 5.84. The fourth-order valence-corrected chi connectivity index (χ4v) is 3.10. The Kier molecular flexibility index (Phi) is 4.99. The summed E-state index contributed by atoms with van der Waals surface area (Å²) in [4.78, 5) is 23.7. The molecule has 1 amide bonds. The largest absolute Gasteiger partial charge is 0.481 e. The van der Waals surface area contributed by atoms with E-state index < -0.39 is 17.8 Å². The first-order valence-corrected chi connectivity index (χ1v) is 7.67. The number of nitrogens with one attached hydrogen (secondary N) is 1.